The van der Waals surface area contributed by atoms with Gasteiger partial charge < -0.3 is 14.2 Å². The molecular weight excluding hydrogens is 709 g/mol. The Morgan fingerprint density at radius 1 is 0.368 bits per heavy atom. The van der Waals surface area contributed by atoms with Crippen molar-refractivity contribution in [2.24, 2.45) is 0 Å². The maximum atomic E-state index is 12.7. The first kappa shape index (κ1) is 53.6. The smallest absolute Gasteiger partial charge is 0.306 e. The summed E-state index contributed by atoms with van der Waals surface area (Å²) in [6.07, 6.45) is 57.3. The summed E-state index contributed by atoms with van der Waals surface area (Å²) in [6.45, 7) is 6.37. The summed E-state index contributed by atoms with van der Waals surface area (Å²) in [5.41, 5.74) is 0. The summed E-state index contributed by atoms with van der Waals surface area (Å²) < 4.78 is 16.6. The van der Waals surface area contributed by atoms with E-state index < -0.39 is 6.10 Å². The molecule has 6 heteroatoms. The van der Waals surface area contributed by atoms with E-state index in [1.165, 1.54) is 77.0 Å². The van der Waals surface area contributed by atoms with Crippen LogP contribution in [0.5, 0.6) is 0 Å². The van der Waals surface area contributed by atoms with Gasteiger partial charge in [-0.25, -0.2) is 0 Å². The van der Waals surface area contributed by atoms with Crippen LogP contribution in [-0.4, -0.2) is 37.2 Å². The van der Waals surface area contributed by atoms with Gasteiger partial charge in [0.15, 0.2) is 6.10 Å². The Bertz CT molecular complexity index is 1140. The lowest BCUT2D eigenvalue weighted by molar-refractivity contribution is -0.166. The molecule has 0 aliphatic rings. The highest BCUT2D eigenvalue weighted by molar-refractivity contribution is 5.71. The zero-order valence-corrected chi connectivity index (χ0v) is 36.8. The van der Waals surface area contributed by atoms with Crippen LogP contribution in [-0.2, 0) is 28.6 Å². The fraction of sp³-hybridized carbons (Fsp3) is 0.667. The van der Waals surface area contributed by atoms with E-state index in [0.717, 1.165) is 70.6 Å². The highest BCUT2D eigenvalue weighted by Crippen LogP contribution is 2.13. The van der Waals surface area contributed by atoms with Gasteiger partial charge in [0.2, 0.25) is 0 Å². The Labute approximate surface area is 350 Å². The second kappa shape index (κ2) is 45.3. The topological polar surface area (TPSA) is 78.9 Å². The lowest BCUT2D eigenvalue weighted by Gasteiger charge is -2.18. The van der Waals surface area contributed by atoms with Gasteiger partial charge in [0.1, 0.15) is 13.2 Å². The molecule has 0 radical (unpaired) electrons. The van der Waals surface area contributed by atoms with Crippen LogP contribution in [0, 0.1) is 0 Å². The largest absolute Gasteiger partial charge is 0.462 e. The van der Waals surface area contributed by atoms with E-state index in [2.05, 4.69) is 93.7 Å². The van der Waals surface area contributed by atoms with Gasteiger partial charge in [-0.1, -0.05) is 189 Å². The van der Waals surface area contributed by atoms with Crippen molar-refractivity contribution in [3.63, 3.8) is 0 Å². The Kier molecular flexibility index (Phi) is 42.6. The predicted molar refractivity (Wildman–Crippen MR) is 242 cm³/mol. The monoisotopic (exact) mass is 793 g/mol. The van der Waals surface area contributed by atoms with Crippen molar-refractivity contribution in [3.8, 4) is 0 Å². The molecule has 1 unspecified atom stereocenters. The molecule has 0 heterocycles. The van der Waals surface area contributed by atoms with Gasteiger partial charge in [0.25, 0.3) is 0 Å². The Morgan fingerprint density at radius 3 is 1.23 bits per heavy atom. The molecule has 0 N–H and O–H groups in total. The molecule has 0 bridgehead atoms. The van der Waals surface area contributed by atoms with Crippen molar-refractivity contribution in [1.29, 1.82) is 0 Å². The number of carbonyl (C=O) groups is 3. The summed E-state index contributed by atoms with van der Waals surface area (Å²) in [6, 6.07) is 0. The molecule has 0 aromatic rings. The van der Waals surface area contributed by atoms with Gasteiger partial charge in [-0.15, -0.1) is 0 Å². The minimum atomic E-state index is -0.813. The Morgan fingerprint density at radius 2 is 0.737 bits per heavy atom. The molecule has 6 nitrogen and oxygen atoms in total. The average molecular weight is 793 g/mol. The van der Waals surface area contributed by atoms with Crippen molar-refractivity contribution in [2.45, 2.75) is 207 Å². The molecule has 324 valence electrons. The van der Waals surface area contributed by atoms with E-state index >= 15 is 0 Å². The quantitative estimate of drug-likeness (QED) is 0.0266. The van der Waals surface area contributed by atoms with Gasteiger partial charge in [-0.05, 0) is 77.0 Å². The maximum Gasteiger partial charge on any atom is 0.306 e. The van der Waals surface area contributed by atoms with Crippen LogP contribution < -0.4 is 0 Å². The third kappa shape index (κ3) is 43.6. The van der Waals surface area contributed by atoms with E-state index in [4.69, 9.17) is 14.2 Å². The SMILES string of the molecule is CC/C=C\C/C=C\C/C=C\C/C=C\C/C=C\C/C=C\CCC(=O)OCC(COC(=O)CCC/C=C\CCCCCC)OC(=O)CCCCCCCCCCCCC. The first-order valence-corrected chi connectivity index (χ1v) is 23.1. The molecule has 0 saturated carbocycles. The third-order valence-electron chi connectivity index (χ3n) is 9.40. The van der Waals surface area contributed by atoms with Crippen LogP contribution in [0.3, 0.4) is 0 Å². The molecule has 0 fully saturated rings. The molecule has 1 atom stereocenters. The van der Waals surface area contributed by atoms with Gasteiger partial charge >= 0.3 is 17.9 Å². The molecule has 0 aromatic carbocycles. The van der Waals surface area contributed by atoms with Crippen LogP contribution >= 0.6 is 0 Å². The molecule has 0 aromatic heterocycles. The van der Waals surface area contributed by atoms with Crippen molar-refractivity contribution < 1.29 is 28.6 Å². The Balaban J connectivity index is 4.48. The number of esters is 3. The summed E-state index contributed by atoms with van der Waals surface area (Å²) in [5.74, 6) is -1.04. The van der Waals surface area contributed by atoms with Gasteiger partial charge in [-0.2, -0.15) is 0 Å². The molecule has 0 aliphatic heterocycles. The number of rotatable bonds is 40. The molecule has 0 aliphatic carbocycles. The molecule has 0 rings (SSSR count). The number of ether oxygens (including phenoxy) is 3. The molecule has 0 spiro atoms. The minimum absolute atomic E-state index is 0.115. The van der Waals surface area contributed by atoms with Crippen LogP contribution in [0.4, 0.5) is 0 Å². The van der Waals surface area contributed by atoms with E-state index in [1.807, 2.05) is 12.2 Å². The lowest BCUT2D eigenvalue weighted by Crippen LogP contribution is -2.30. The van der Waals surface area contributed by atoms with Gasteiger partial charge in [0.05, 0.1) is 0 Å². The number of hydrogen-bond donors (Lipinski definition) is 0. The summed E-state index contributed by atoms with van der Waals surface area (Å²) in [7, 11) is 0. The maximum absolute atomic E-state index is 12.7. The van der Waals surface area contributed by atoms with Crippen LogP contribution in [0.25, 0.3) is 0 Å². The normalized spacial score (nSPS) is 12.8. The molecule has 57 heavy (non-hydrogen) atoms. The number of allylic oxidation sites excluding steroid dienone is 14. The first-order valence-electron chi connectivity index (χ1n) is 23.1. The fourth-order valence-corrected chi connectivity index (χ4v) is 5.94. The summed E-state index contributed by atoms with van der Waals surface area (Å²) >= 11 is 0. The fourth-order valence-electron chi connectivity index (χ4n) is 5.94. The summed E-state index contributed by atoms with van der Waals surface area (Å²) in [5, 5.41) is 0. The van der Waals surface area contributed by atoms with Gasteiger partial charge in [-0.3, -0.25) is 14.4 Å². The zero-order valence-electron chi connectivity index (χ0n) is 36.8. The summed E-state index contributed by atoms with van der Waals surface area (Å²) in [4.78, 5) is 37.6. The third-order valence-corrected chi connectivity index (χ3v) is 9.40. The molecular formula is C51H84O6. The number of hydrogen-bond acceptors (Lipinski definition) is 6. The second-order valence-electron chi connectivity index (χ2n) is 14.9. The van der Waals surface area contributed by atoms with Gasteiger partial charge in [0, 0.05) is 19.3 Å². The van der Waals surface area contributed by atoms with E-state index in [-0.39, 0.29) is 37.5 Å². The Hall–Kier alpha value is -3.41. The van der Waals surface area contributed by atoms with Crippen molar-refractivity contribution in [2.75, 3.05) is 13.2 Å². The first-order chi connectivity index (χ1) is 28.0. The van der Waals surface area contributed by atoms with Crippen LogP contribution in [0.1, 0.15) is 201 Å². The molecule has 0 saturated heterocycles. The average Bonchev–Trinajstić information content (AvgIpc) is 3.21. The van der Waals surface area contributed by atoms with Crippen molar-refractivity contribution in [3.05, 3.63) is 85.1 Å². The van der Waals surface area contributed by atoms with E-state index in [9.17, 15) is 14.4 Å². The van der Waals surface area contributed by atoms with E-state index in [1.54, 1.807) is 0 Å². The van der Waals surface area contributed by atoms with Crippen LogP contribution in [0.2, 0.25) is 0 Å². The molecule has 0 amide bonds. The standard InChI is InChI=1S/C51H84O6/c1-4-7-10-13-16-19-21-22-23-24-25-26-27-28-30-32-35-38-41-44-50(53)56-47-48(46-55-49(52)43-40-37-34-31-18-15-12-9-6-3)57-51(54)45-42-39-36-33-29-20-17-14-11-8-5-2/h7,10,16,19,22-23,25-26,28,30-31,34-35,38,48H,4-6,8-9,11-15,17-18,20-21,24,27,29,32-33,36-37,39-47H2,1-3H3/b10-7-,19-16-,23-22-,26-25-,30-28-,34-31-,38-35-. The predicted octanol–water partition coefficient (Wildman–Crippen LogP) is 14.9. The second-order valence-corrected chi connectivity index (χ2v) is 14.9. The van der Waals surface area contributed by atoms with E-state index in [0.29, 0.717) is 25.7 Å². The minimum Gasteiger partial charge on any atom is -0.462 e. The highest BCUT2D eigenvalue weighted by atomic mass is 16.6. The van der Waals surface area contributed by atoms with Crippen molar-refractivity contribution in [1.82, 2.24) is 0 Å². The lowest BCUT2D eigenvalue weighted by atomic mass is 10.1. The van der Waals surface area contributed by atoms with Crippen LogP contribution in [0.15, 0.2) is 85.1 Å². The highest BCUT2D eigenvalue weighted by Gasteiger charge is 2.19. The number of carbonyl (C=O) groups excluding carboxylic acids is 3. The number of unbranched alkanes of at least 4 members (excludes halogenated alkanes) is 15. The van der Waals surface area contributed by atoms with Crippen molar-refractivity contribution >= 4 is 17.9 Å². The zero-order chi connectivity index (χ0) is 41.5.